The molecule has 1 aromatic heterocycles. The molecule has 0 amide bonds. The van der Waals surface area contributed by atoms with E-state index in [-0.39, 0.29) is 0 Å². The van der Waals surface area contributed by atoms with E-state index >= 15 is 0 Å². The molecule has 0 saturated heterocycles. The topological polar surface area (TPSA) is 37.2 Å². The number of fused-ring (bicyclic) bond motifs is 1. The van der Waals surface area contributed by atoms with Crippen LogP contribution in [0.1, 0.15) is 11.3 Å². The van der Waals surface area contributed by atoms with Gasteiger partial charge in [0.15, 0.2) is 0 Å². The quantitative estimate of drug-likeness (QED) is 0.843. The van der Waals surface area contributed by atoms with Crippen molar-refractivity contribution in [1.29, 1.82) is 0 Å². The Morgan fingerprint density at radius 3 is 3.00 bits per heavy atom. The van der Waals surface area contributed by atoms with Gasteiger partial charge in [-0.25, -0.2) is 0 Å². The molecule has 0 fully saturated rings. The number of hydrogen-bond donors (Lipinski definition) is 2. The van der Waals surface area contributed by atoms with Gasteiger partial charge in [-0.1, -0.05) is 18.2 Å². The maximum Gasteiger partial charge on any atom is 0.117 e. The number of nitrogens with one attached hydrogen (secondary N) is 2. The monoisotopic (exact) mass is 228 g/mol. The van der Waals surface area contributed by atoms with E-state index < -0.39 is 0 Å². The van der Waals surface area contributed by atoms with Crippen molar-refractivity contribution in [3.05, 3.63) is 54.0 Å². The van der Waals surface area contributed by atoms with E-state index in [4.69, 9.17) is 4.42 Å². The lowest BCUT2D eigenvalue weighted by Gasteiger charge is -2.11. The van der Waals surface area contributed by atoms with Gasteiger partial charge in [0.2, 0.25) is 0 Å². The van der Waals surface area contributed by atoms with E-state index in [2.05, 4.69) is 34.9 Å². The largest absolute Gasteiger partial charge is 0.468 e. The Balaban J connectivity index is 1.49. The third-order valence-electron chi connectivity index (χ3n) is 3.11. The minimum atomic E-state index is 0.488. The molecule has 2 aromatic rings. The second-order valence-electron chi connectivity index (χ2n) is 4.41. The normalized spacial score (nSPS) is 17.8. The predicted octanol–water partition coefficient (Wildman–Crippen LogP) is 2.41. The van der Waals surface area contributed by atoms with E-state index in [1.165, 1.54) is 11.3 Å². The van der Waals surface area contributed by atoms with Gasteiger partial charge in [0, 0.05) is 18.3 Å². The summed E-state index contributed by atoms with van der Waals surface area (Å²) in [5.41, 5.74) is 2.69. The molecular weight excluding hydrogens is 212 g/mol. The molecule has 88 valence electrons. The summed E-state index contributed by atoms with van der Waals surface area (Å²) in [7, 11) is 0. The van der Waals surface area contributed by atoms with E-state index in [9.17, 15) is 0 Å². The Morgan fingerprint density at radius 2 is 2.18 bits per heavy atom. The average molecular weight is 228 g/mol. The van der Waals surface area contributed by atoms with Gasteiger partial charge in [-0.3, -0.25) is 0 Å². The fraction of sp³-hybridized carbons (Fsp3) is 0.286. The lowest BCUT2D eigenvalue weighted by Crippen LogP contribution is -2.30. The van der Waals surface area contributed by atoms with Crippen LogP contribution < -0.4 is 10.6 Å². The number of anilines is 1. The van der Waals surface area contributed by atoms with Gasteiger partial charge in [-0.15, -0.1) is 0 Å². The van der Waals surface area contributed by atoms with E-state index in [0.29, 0.717) is 6.04 Å². The first-order valence-corrected chi connectivity index (χ1v) is 5.99. The summed E-state index contributed by atoms with van der Waals surface area (Å²) in [6, 6.07) is 12.9. The second-order valence-corrected chi connectivity index (χ2v) is 4.41. The third-order valence-corrected chi connectivity index (χ3v) is 3.11. The van der Waals surface area contributed by atoms with Crippen molar-refractivity contribution in [2.45, 2.75) is 19.0 Å². The molecule has 2 heterocycles. The molecule has 1 unspecified atom stereocenters. The summed E-state index contributed by atoms with van der Waals surface area (Å²) in [5.74, 6) is 0.987. The van der Waals surface area contributed by atoms with Crippen molar-refractivity contribution in [3.8, 4) is 0 Å². The fourth-order valence-corrected chi connectivity index (χ4v) is 2.28. The smallest absolute Gasteiger partial charge is 0.117 e. The minimum absolute atomic E-state index is 0.488. The van der Waals surface area contributed by atoms with Crippen LogP contribution in [0.5, 0.6) is 0 Å². The maximum atomic E-state index is 5.28. The van der Waals surface area contributed by atoms with Crippen LogP contribution in [0.2, 0.25) is 0 Å². The molecule has 3 heteroatoms. The first-order chi connectivity index (χ1) is 8.42. The predicted molar refractivity (Wildman–Crippen MR) is 68.0 cm³/mol. The number of hydrogen-bond acceptors (Lipinski definition) is 3. The van der Waals surface area contributed by atoms with Crippen molar-refractivity contribution in [2.75, 3.05) is 11.9 Å². The first-order valence-electron chi connectivity index (χ1n) is 5.99. The molecule has 0 saturated carbocycles. The molecule has 1 aliphatic heterocycles. The zero-order valence-electron chi connectivity index (χ0n) is 9.65. The van der Waals surface area contributed by atoms with E-state index in [1.54, 1.807) is 6.26 Å². The highest BCUT2D eigenvalue weighted by molar-refractivity contribution is 5.56. The van der Waals surface area contributed by atoms with Crippen LogP contribution >= 0.6 is 0 Å². The molecular formula is C14H16N2O. The summed E-state index contributed by atoms with van der Waals surface area (Å²) in [5, 5.41) is 6.93. The molecule has 0 spiro atoms. The molecule has 3 nitrogen and oxygen atoms in total. The van der Waals surface area contributed by atoms with Crippen molar-refractivity contribution in [2.24, 2.45) is 0 Å². The first kappa shape index (κ1) is 10.4. The third kappa shape index (κ3) is 2.34. The van der Waals surface area contributed by atoms with Crippen LogP contribution in [0.25, 0.3) is 0 Å². The van der Waals surface area contributed by atoms with Gasteiger partial charge >= 0.3 is 0 Å². The van der Waals surface area contributed by atoms with Crippen molar-refractivity contribution >= 4 is 5.69 Å². The van der Waals surface area contributed by atoms with Crippen LogP contribution in [0.3, 0.4) is 0 Å². The summed E-state index contributed by atoms with van der Waals surface area (Å²) in [6.07, 6.45) is 2.81. The zero-order valence-corrected chi connectivity index (χ0v) is 9.65. The van der Waals surface area contributed by atoms with Crippen LogP contribution in [0.15, 0.2) is 47.1 Å². The average Bonchev–Trinajstić information content (AvgIpc) is 2.96. The highest BCUT2D eigenvalue weighted by Gasteiger charge is 2.19. The lowest BCUT2D eigenvalue weighted by atomic mass is 10.1. The minimum Gasteiger partial charge on any atom is -0.468 e. The Labute approximate surface area is 101 Å². The lowest BCUT2D eigenvalue weighted by molar-refractivity contribution is 0.477. The van der Waals surface area contributed by atoms with Gasteiger partial charge in [0.05, 0.1) is 12.8 Å². The van der Waals surface area contributed by atoms with Crippen LogP contribution in [-0.2, 0) is 13.0 Å². The van der Waals surface area contributed by atoms with Crippen molar-refractivity contribution in [1.82, 2.24) is 5.32 Å². The van der Waals surface area contributed by atoms with E-state index in [1.807, 2.05) is 12.1 Å². The second kappa shape index (κ2) is 4.63. The van der Waals surface area contributed by atoms with Crippen molar-refractivity contribution in [3.63, 3.8) is 0 Å². The maximum absolute atomic E-state index is 5.28. The summed E-state index contributed by atoms with van der Waals surface area (Å²) >= 11 is 0. The molecule has 0 radical (unpaired) electrons. The highest BCUT2D eigenvalue weighted by Crippen LogP contribution is 2.24. The highest BCUT2D eigenvalue weighted by atomic mass is 16.3. The van der Waals surface area contributed by atoms with Gasteiger partial charge < -0.3 is 15.1 Å². The number of furan rings is 1. The number of benzene rings is 1. The Morgan fingerprint density at radius 1 is 1.24 bits per heavy atom. The summed E-state index contributed by atoms with van der Waals surface area (Å²) in [4.78, 5) is 0. The molecule has 3 rings (SSSR count). The summed E-state index contributed by atoms with van der Waals surface area (Å²) in [6.45, 7) is 1.75. The van der Waals surface area contributed by atoms with Gasteiger partial charge in [0.1, 0.15) is 5.76 Å². The SMILES string of the molecule is c1coc(CNCC2Cc3ccccc3N2)c1. The van der Waals surface area contributed by atoms with Crippen molar-refractivity contribution < 1.29 is 4.42 Å². The standard InChI is InChI=1S/C14H16N2O/c1-2-6-14-11(4-1)8-12(16-14)9-15-10-13-5-3-7-17-13/h1-7,12,15-16H,8-10H2. The van der Waals surface area contributed by atoms with Crippen LogP contribution in [0, 0.1) is 0 Å². The molecule has 1 aromatic carbocycles. The molecule has 17 heavy (non-hydrogen) atoms. The molecule has 2 N–H and O–H groups in total. The molecule has 1 atom stereocenters. The van der Waals surface area contributed by atoms with Gasteiger partial charge in [-0.05, 0) is 30.2 Å². The molecule has 0 bridgehead atoms. The molecule has 0 aliphatic carbocycles. The fourth-order valence-electron chi connectivity index (χ4n) is 2.28. The van der Waals surface area contributed by atoms with Crippen LogP contribution in [-0.4, -0.2) is 12.6 Å². The number of rotatable bonds is 4. The van der Waals surface area contributed by atoms with Gasteiger partial charge in [-0.2, -0.15) is 0 Å². The molecule has 1 aliphatic rings. The van der Waals surface area contributed by atoms with Gasteiger partial charge in [0.25, 0.3) is 0 Å². The Kier molecular flexibility index (Phi) is 2.84. The van der Waals surface area contributed by atoms with E-state index in [0.717, 1.165) is 25.3 Å². The Bertz CT molecular complexity index is 454. The number of para-hydroxylation sites is 1. The van der Waals surface area contributed by atoms with Crippen LogP contribution in [0.4, 0.5) is 5.69 Å². The Hall–Kier alpha value is -1.74. The zero-order chi connectivity index (χ0) is 11.5. The summed E-state index contributed by atoms with van der Waals surface area (Å²) < 4.78 is 5.28.